The summed E-state index contributed by atoms with van der Waals surface area (Å²) in [5.41, 5.74) is 0. The van der Waals surface area contributed by atoms with Gasteiger partial charge in [0.15, 0.2) is 0 Å². The lowest BCUT2D eigenvalue weighted by Gasteiger charge is -2.03. The fourth-order valence-electron chi connectivity index (χ4n) is 0.531. The highest BCUT2D eigenvalue weighted by atomic mass is 32.2. The van der Waals surface area contributed by atoms with Gasteiger partial charge in [-0.25, -0.2) is 17.9 Å². The van der Waals surface area contributed by atoms with Crippen LogP contribution in [0.15, 0.2) is 0 Å². The van der Waals surface area contributed by atoms with Gasteiger partial charge in [0.2, 0.25) is 10.0 Å². The number of nitrogens with one attached hydrogen (secondary N) is 1. The number of carboxylic acid groups (broad SMARTS) is 1. The average Bonchev–Trinajstić information content (AvgIpc) is 2.03. The first-order valence-corrected chi connectivity index (χ1v) is 5.40. The van der Waals surface area contributed by atoms with Gasteiger partial charge in [-0.05, 0) is 6.92 Å². The van der Waals surface area contributed by atoms with Crippen molar-refractivity contribution in [2.75, 3.05) is 25.5 Å². The molecule has 0 unspecified atom stereocenters. The van der Waals surface area contributed by atoms with E-state index >= 15 is 0 Å². The van der Waals surface area contributed by atoms with E-state index in [9.17, 15) is 13.2 Å². The minimum absolute atomic E-state index is 0.00588. The molecule has 6 nitrogen and oxygen atoms in total. The molecule has 7 heteroatoms. The van der Waals surface area contributed by atoms with E-state index in [2.05, 4.69) is 9.46 Å². The summed E-state index contributed by atoms with van der Waals surface area (Å²) in [5.74, 6) is -1.07. The van der Waals surface area contributed by atoms with Gasteiger partial charge in [-0.2, -0.15) is 0 Å². The maximum atomic E-state index is 10.8. The van der Waals surface area contributed by atoms with Crippen molar-refractivity contribution in [1.82, 2.24) is 4.72 Å². The van der Waals surface area contributed by atoms with Crippen molar-refractivity contribution < 1.29 is 23.1 Å². The molecular formula is C6H13NO5S. The normalized spacial score (nSPS) is 11.5. The molecule has 0 aliphatic carbocycles. The predicted octanol–water partition coefficient (Wildman–Crippen LogP) is -0.973. The van der Waals surface area contributed by atoms with Crippen molar-refractivity contribution in [3.8, 4) is 0 Å². The van der Waals surface area contributed by atoms with E-state index in [0.29, 0.717) is 0 Å². The molecule has 0 bridgehead atoms. The molecular weight excluding hydrogens is 198 g/mol. The monoisotopic (exact) mass is 211 g/mol. The van der Waals surface area contributed by atoms with Gasteiger partial charge in [-0.1, -0.05) is 0 Å². The molecule has 0 aromatic heterocycles. The largest absolute Gasteiger partial charge is 0.480 e. The molecule has 0 amide bonds. The molecule has 13 heavy (non-hydrogen) atoms. The Balaban J connectivity index is 3.42. The molecule has 2 N–H and O–H groups in total. The Morgan fingerprint density at radius 1 is 1.54 bits per heavy atom. The standard InChI is InChI=1S/C6H13NO5S/c1-2-13(10,11)7-3-4-12-5-6(8)9/h7H,2-5H2,1H3,(H,8,9). The number of hydrogen-bond acceptors (Lipinski definition) is 4. The summed E-state index contributed by atoms with van der Waals surface area (Å²) >= 11 is 0. The van der Waals surface area contributed by atoms with E-state index in [-0.39, 0.29) is 18.9 Å². The van der Waals surface area contributed by atoms with E-state index < -0.39 is 22.6 Å². The summed E-state index contributed by atoms with van der Waals surface area (Å²) in [6, 6.07) is 0. The van der Waals surface area contributed by atoms with Gasteiger partial charge in [-0.3, -0.25) is 0 Å². The SMILES string of the molecule is CCS(=O)(=O)NCCOCC(=O)O. The van der Waals surface area contributed by atoms with Gasteiger partial charge in [0.1, 0.15) is 6.61 Å². The molecule has 78 valence electrons. The summed E-state index contributed by atoms with van der Waals surface area (Å²) in [6.45, 7) is 1.27. The Morgan fingerprint density at radius 2 is 2.15 bits per heavy atom. The van der Waals surface area contributed by atoms with Crippen LogP contribution in [0.25, 0.3) is 0 Å². The fourth-order valence-corrected chi connectivity index (χ4v) is 1.13. The highest BCUT2D eigenvalue weighted by Gasteiger charge is 2.04. The van der Waals surface area contributed by atoms with Crippen LogP contribution in [0.4, 0.5) is 0 Å². The zero-order valence-electron chi connectivity index (χ0n) is 7.32. The van der Waals surface area contributed by atoms with Crippen molar-refractivity contribution in [3.05, 3.63) is 0 Å². The fraction of sp³-hybridized carbons (Fsp3) is 0.833. The Hall–Kier alpha value is -0.660. The maximum absolute atomic E-state index is 10.8. The average molecular weight is 211 g/mol. The molecule has 0 fully saturated rings. The quantitative estimate of drug-likeness (QED) is 0.528. The number of carbonyl (C=O) groups is 1. The van der Waals surface area contributed by atoms with Gasteiger partial charge < -0.3 is 9.84 Å². The first-order valence-electron chi connectivity index (χ1n) is 3.75. The molecule has 0 aliphatic heterocycles. The molecule has 0 saturated heterocycles. The van der Waals surface area contributed by atoms with Crippen molar-refractivity contribution in [1.29, 1.82) is 0 Å². The Bertz CT molecular complexity index is 248. The molecule has 0 saturated carbocycles. The summed E-state index contributed by atoms with van der Waals surface area (Å²) in [6.07, 6.45) is 0. The second-order valence-corrected chi connectivity index (χ2v) is 4.34. The molecule has 0 atom stereocenters. The number of aliphatic carboxylic acids is 1. The number of hydrogen-bond donors (Lipinski definition) is 2. The predicted molar refractivity (Wildman–Crippen MR) is 45.9 cm³/mol. The van der Waals surface area contributed by atoms with Crippen LogP contribution < -0.4 is 4.72 Å². The summed E-state index contributed by atoms with van der Waals surface area (Å²) in [4.78, 5) is 9.95. The lowest BCUT2D eigenvalue weighted by Crippen LogP contribution is -2.29. The van der Waals surface area contributed by atoms with Crippen LogP contribution in [0.5, 0.6) is 0 Å². The molecule has 0 aromatic rings. The van der Waals surface area contributed by atoms with Crippen LogP contribution in [0.2, 0.25) is 0 Å². The second-order valence-electron chi connectivity index (χ2n) is 2.24. The lowest BCUT2D eigenvalue weighted by atomic mass is 10.7. The van der Waals surface area contributed by atoms with E-state index in [0.717, 1.165) is 0 Å². The third-order valence-corrected chi connectivity index (χ3v) is 2.58. The number of rotatable bonds is 7. The van der Waals surface area contributed by atoms with Crippen molar-refractivity contribution >= 4 is 16.0 Å². The van der Waals surface area contributed by atoms with Crippen molar-refractivity contribution in [2.45, 2.75) is 6.92 Å². The Kier molecular flexibility index (Phi) is 5.60. The second kappa shape index (κ2) is 5.90. The van der Waals surface area contributed by atoms with Crippen LogP contribution in [-0.4, -0.2) is 45.0 Å². The lowest BCUT2D eigenvalue weighted by molar-refractivity contribution is -0.142. The van der Waals surface area contributed by atoms with Crippen LogP contribution in [0.3, 0.4) is 0 Å². The summed E-state index contributed by atoms with van der Waals surface area (Å²) < 4.78 is 28.5. The van der Waals surface area contributed by atoms with E-state index in [1.165, 1.54) is 6.92 Å². The molecule has 0 aromatic carbocycles. The molecule has 0 spiro atoms. The highest BCUT2D eigenvalue weighted by molar-refractivity contribution is 7.89. The van der Waals surface area contributed by atoms with Crippen LogP contribution >= 0.6 is 0 Å². The number of ether oxygens (including phenoxy) is 1. The van der Waals surface area contributed by atoms with Gasteiger partial charge in [0.05, 0.1) is 12.4 Å². The van der Waals surface area contributed by atoms with Crippen LogP contribution in [0.1, 0.15) is 6.92 Å². The number of carboxylic acids is 1. The van der Waals surface area contributed by atoms with E-state index in [1.54, 1.807) is 0 Å². The van der Waals surface area contributed by atoms with Gasteiger partial charge in [0.25, 0.3) is 0 Å². The van der Waals surface area contributed by atoms with Crippen LogP contribution in [0, 0.1) is 0 Å². The molecule has 0 aliphatic rings. The van der Waals surface area contributed by atoms with Gasteiger partial charge >= 0.3 is 5.97 Å². The van der Waals surface area contributed by atoms with E-state index in [4.69, 9.17) is 5.11 Å². The summed E-state index contributed by atoms with van der Waals surface area (Å²) in [7, 11) is -3.20. The first-order chi connectivity index (χ1) is 5.98. The minimum Gasteiger partial charge on any atom is -0.480 e. The maximum Gasteiger partial charge on any atom is 0.329 e. The van der Waals surface area contributed by atoms with Crippen molar-refractivity contribution in [3.63, 3.8) is 0 Å². The Labute approximate surface area is 76.9 Å². The molecule has 0 heterocycles. The number of sulfonamides is 1. The van der Waals surface area contributed by atoms with Crippen LogP contribution in [-0.2, 0) is 19.6 Å². The molecule has 0 radical (unpaired) electrons. The Morgan fingerprint density at radius 3 is 2.62 bits per heavy atom. The summed E-state index contributed by atoms with van der Waals surface area (Å²) in [5, 5.41) is 8.16. The van der Waals surface area contributed by atoms with Gasteiger partial charge in [0, 0.05) is 6.54 Å². The van der Waals surface area contributed by atoms with Gasteiger partial charge in [-0.15, -0.1) is 0 Å². The highest BCUT2D eigenvalue weighted by Crippen LogP contribution is 1.81. The minimum atomic E-state index is -3.20. The third-order valence-electron chi connectivity index (χ3n) is 1.17. The molecule has 0 rings (SSSR count). The first kappa shape index (κ1) is 12.3. The third kappa shape index (κ3) is 7.69. The zero-order valence-corrected chi connectivity index (χ0v) is 8.13. The van der Waals surface area contributed by atoms with E-state index in [1.807, 2.05) is 0 Å². The topological polar surface area (TPSA) is 92.7 Å². The smallest absolute Gasteiger partial charge is 0.329 e. The zero-order chi connectivity index (χ0) is 10.3. The van der Waals surface area contributed by atoms with Crippen molar-refractivity contribution in [2.24, 2.45) is 0 Å².